The normalized spacial score (nSPS) is 16.6. The summed E-state index contributed by atoms with van der Waals surface area (Å²) in [7, 11) is 0. The molecule has 6 nitrogen and oxygen atoms in total. The van der Waals surface area contributed by atoms with Crippen molar-refractivity contribution < 1.29 is 9.59 Å². The van der Waals surface area contributed by atoms with E-state index in [0.717, 1.165) is 31.5 Å². The minimum atomic E-state index is -1.14. The number of hydrogen-bond donors (Lipinski definition) is 3. The molecule has 0 bridgehead atoms. The highest BCUT2D eigenvalue weighted by Gasteiger charge is 2.30. The molecule has 0 saturated carbocycles. The number of nitrogens with zero attached hydrogens (tertiary/aromatic N) is 1. The van der Waals surface area contributed by atoms with Crippen LogP contribution in [0.1, 0.15) is 38.2 Å². The van der Waals surface area contributed by atoms with Gasteiger partial charge in [0.05, 0.1) is 0 Å². The Morgan fingerprint density at radius 3 is 1.96 bits per heavy atom. The lowest BCUT2D eigenvalue weighted by Gasteiger charge is -2.24. The highest BCUT2D eigenvalue weighted by atomic mass is 16.2. The first-order chi connectivity index (χ1) is 13.5. The van der Waals surface area contributed by atoms with Gasteiger partial charge in [0, 0.05) is 24.5 Å². The topological polar surface area (TPSA) is 87.5 Å². The fourth-order valence-electron chi connectivity index (χ4n) is 3.29. The number of nitrogens with two attached hydrogens (primary N) is 1. The van der Waals surface area contributed by atoms with E-state index < -0.39 is 5.54 Å². The molecule has 3 rings (SSSR count). The molecule has 0 aromatic heterocycles. The molecule has 1 saturated heterocycles. The van der Waals surface area contributed by atoms with Gasteiger partial charge in [-0.05, 0) is 49.6 Å². The van der Waals surface area contributed by atoms with E-state index >= 15 is 0 Å². The van der Waals surface area contributed by atoms with Gasteiger partial charge in [0.15, 0.2) is 0 Å². The molecule has 0 aliphatic carbocycles. The fourth-order valence-corrected chi connectivity index (χ4v) is 3.29. The zero-order chi connectivity index (χ0) is 20.0. The predicted octanol–water partition coefficient (Wildman–Crippen LogP) is 3.91. The number of anilines is 2. The fraction of sp³-hybridized carbons (Fsp3) is 0.364. The molecule has 28 heavy (non-hydrogen) atoms. The first-order valence-corrected chi connectivity index (χ1v) is 9.79. The molecule has 148 valence electrons. The van der Waals surface area contributed by atoms with Crippen LogP contribution in [0.3, 0.4) is 0 Å². The molecule has 0 spiro atoms. The second-order valence-electron chi connectivity index (χ2n) is 7.43. The zero-order valence-electron chi connectivity index (χ0n) is 16.3. The van der Waals surface area contributed by atoms with Crippen LogP contribution >= 0.6 is 0 Å². The number of likely N-dealkylation sites (tertiary alicyclic amines) is 1. The molecule has 1 unspecified atom stereocenters. The second-order valence-corrected chi connectivity index (χ2v) is 7.43. The van der Waals surface area contributed by atoms with Gasteiger partial charge >= 0.3 is 6.03 Å². The van der Waals surface area contributed by atoms with Gasteiger partial charge < -0.3 is 21.3 Å². The Morgan fingerprint density at radius 2 is 1.39 bits per heavy atom. The van der Waals surface area contributed by atoms with Crippen LogP contribution in [0, 0.1) is 0 Å². The molecule has 1 aliphatic rings. The number of nitrogens with one attached hydrogen (secondary N) is 2. The second kappa shape index (κ2) is 8.89. The molecule has 0 radical (unpaired) electrons. The molecule has 1 heterocycles. The van der Waals surface area contributed by atoms with Gasteiger partial charge in [-0.15, -0.1) is 0 Å². The number of rotatable bonds is 4. The summed E-state index contributed by atoms with van der Waals surface area (Å²) in [5.74, 6) is -0.292. The van der Waals surface area contributed by atoms with Crippen LogP contribution in [0.4, 0.5) is 16.2 Å². The van der Waals surface area contributed by atoms with E-state index in [-0.39, 0.29) is 11.9 Å². The van der Waals surface area contributed by atoms with Crippen LogP contribution < -0.4 is 16.4 Å². The van der Waals surface area contributed by atoms with E-state index in [0.29, 0.717) is 11.4 Å². The maximum absolute atomic E-state index is 12.6. The van der Waals surface area contributed by atoms with E-state index in [1.54, 1.807) is 31.2 Å². The highest BCUT2D eigenvalue weighted by Crippen LogP contribution is 2.21. The summed E-state index contributed by atoms with van der Waals surface area (Å²) in [5.41, 5.74) is 7.18. The Labute approximate surface area is 166 Å². The van der Waals surface area contributed by atoms with Crippen molar-refractivity contribution in [2.24, 2.45) is 5.73 Å². The van der Waals surface area contributed by atoms with Crippen molar-refractivity contribution in [3.63, 3.8) is 0 Å². The third kappa shape index (κ3) is 4.89. The number of amides is 3. The summed E-state index contributed by atoms with van der Waals surface area (Å²) in [6.45, 7) is 3.29. The molecular formula is C22H28N4O2. The molecule has 3 amide bonds. The minimum Gasteiger partial charge on any atom is -0.325 e. The average Bonchev–Trinajstić information content (AvgIpc) is 3.00. The van der Waals surface area contributed by atoms with Gasteiger partial charge in [-0.3, -0.25) is 4.79 Å². The molecule has 1 fully saturated rings. The minimum absolute atomic E-state index is 0.0719. The molecule has 1 atom stereocenters. The number of urea groups is 1. The van der Waals surface area contributed by atoms with Crippen molar-refractivity contribution in [2.45, 2.75) is 38.1 Å². The maximum Gasteiger partial charge on any atom is 0.321 e. The van der Waals surface area contributed by atoms with Gasteiger partial charge in [0.1, 0.15) is 5.54 Å². The quantitative estimate of drug-likeness (QED) is 0.751. The number of hydrogen-bond acceptors (Lipinski definition) is 3. The molecule has 6 heteroatoms. The monoisotopic (exact) mass is 380 g/mol. The summed E-state index contributed by atoms with van der Waals surface area (Å²) in [5, 5.41) is 5.77. The standard InChI is InChI=1S/C22H28N4O2/c1-22(23,17-9-5-4-6-10-17)20(27)24-18-11-13-19(14-12-18)25-21(28)26-15-7-2-3-8-16-26/h4-6,9-14H,2-3,7-8,15-16,23H2,1H3,(H,24,27)(H,25,28). The molecular weight excluding hydrogens is 352 g/mol. The number of carbonyl (C=O) groups excluding carboxylic acids is 2. The van der Waals surface area contributed by atoms with E-state index in [9.17, 15) is 9.59 Å². The Bertz CT molecular complexity index is 795. The average molecular weight is 380 g/mol. The van der Waals surface area contributed by atoms with Crippen LogP contribution in [0.2, 0.25) is 0 Å². The van der Waals surface area contributed by atoms with Crippen molar-refractivity contribution in [2.75, 3.05) is 23.7 Å². The SMILES string of the molecule is CC(N)(C(=O)Nc1ccc(NC(=O)N2CCCCCC2)cc1)c1ccccc1. The van der Waals surface area contributed by atoms with Crippen molar-refractivity contribution in [1.82, 2.24) is 4.90 Å². The van der Waals surface area contributed by atoms with E-state index in [1.807, 2.05) is 35.2 Å². The van der Waals surface area contributed by atoms with Crippen LogP contribution in [0.5, 0.6) is 0 Å². The summed E-state index contributed by atoms with van der Waals surface area (Å²) >= 11 is 0. The molecule has 2 aromatic rings. The maximum atomic E-state index is 12.6. The largest absolute Gasteiger partial charge is 0.325 e. The van der Waals surface area contributed by atoms with Gasteiger partial charge in [0.2, 0.25) is 5.91 Å². The third-order valence-electron chi connectivity index (χ3n) is 5.13. The summed E-state index contributed by atoms with van der Waals surface area (Å²) in [6, 6.07) is 16.3. The van der Waals surface area contributed by atoms with Gasteiger partial charge in [-0.1, -0.05) is 43.2 Å². The third-order valence-corrected chi connectivity index (χ3v) is 5.13. The van der Waals surface area contributed by atoms with Crippen LogP contribution in [0.25, 0.3) is 0 Å². The molecule has 1 aliphatic heterocycles. The van der Waals surface area contributed by atoms with Crippen LogP contribution in [-0.4, -0.2) is 29.9 Å². The van der Waals surface area contributed by atoms with Crippen LogP contribution in [-0.2, 0) is 10.3 Å². The smallest absolute Gasteiger partial charge is 0.321 e. The van der Waals surface area contributed by atoms with Crippen molar-refractivity contribution in [3.8, 4) is 0 Å². The van der Waals surface area contributed by atoms with E-state index in [4.69, 9.17) is 5.73 Å². The van der Waals surface area contributed by atoms with Gasteiger partial charge in [-0.25, -0.2) is 4.79 Å². The van der Waals surface area contributed by atoms with Crippen molar-refractivity contribution >= 4 is 23.3 Å². The van der Waals surface area contributed by atoms with Gasteiger partial charge in [-0.2, -0.15) is 0 Å². The van der Waals surface area contributed by atoms with Crippen molar-refractivity contribution in [3.05, 3.63) is 60.2 Å². The first-order valence-electron chi connectivity index (χ1n) is 9.79. The highest BCUT2D eigenvalue weighted by molar-refractivity contribution is 5.98. The molecule has 2 aromatic carbocycles. The Hall–Kier alpha value is -2.86. The number of benzene rings is 2. The lowest BCUT2D eigenvalue weighted by Crippen LogP contribution is -2.45. The summed E-state index contributed by atoms with van der Waals surface area (Å²) < 4.78 is 0. The van der Waals surface area contributed by atoms with Gasteiger partial charge in [0.25, 0.3) is 0 Å². The Kier molecular flexibility index (Phi) is 6.31. The Balaban J connectivity index is 1.59. The lowest BCUT2D eigenvalue weighted by molar-refractivity contribution is -0.120. The molecule has 4 N–H and O–H groups in total. The first kappa shape index (κ1) is 19.9. The number of carbonyl (C=O) groups is 2. The lowest BCUT2D eigenvalue weighted by atomic mass is 9.92. The predicted molar refractivity (Wildman–Crippen MR) is 112 cm³/mol. The zero-order valence-corrected chi connectivity index (χ0v) is 16.3. The summed E-state index contributed by atoms with van der Waals surface area (Å²) in [6.07, 6.45) is 4.47. The van der Waals surface area contributed by atoms with Crippen LogP contribution in [0.15, 0.2) is 54.6 Å². The Morgan fingerprint density at radius 1 is 0.857 bits per heavy atom. The van der Waals surface area contributed by atoms with E-state index in [1.165, 1.54) is 12.8 Å². The van der Waals surface area contributed by atoms with Crippen molar-refractivity contribution in [1.29, 1.82) is 0 Å². The summed E-state index contributed by atoms with van der Waals surface area (Å²) in [4.78, 5) is 26.9. The van der Waals surface area contributed by atoms with E-state index in [2.05, 4.69) is 10.6 Å².